The van der Waals surface area contributed by atoms with Crippen LogP contribution in [-0.2, 0) is 0 Å². The molecule has 0 aromatic heterocycles. The Morgan fingerprint density at radius 3 is 2.94 bits per heavy atom. The number of nitrogens with one attached hydrogen (secondary N) is 1. The van der Waals surface area contributed by atoms with Crippen molar-refractivity contribution in [3.05, 3.63) is 29.3 Å². The number of aryl methyl sites for hydroxylation is 1. The van der Waals surface area contributed by atoms with Gasteiger partial charge in [-0.1, -0.05) is 19.4 Å². The summed E-state index contributed by atoms with van der Waals surface area (Å²) in [4.78, 5) is 12.0. The van der Waals surface area contributed by atoms with Gasteiger partial charge in [-0.15, -0.1) is 0 Å². The van der Waals surface area contributed by atoms with Gasteiger partial charge in [0.15, 0.2) is 0 Å². The monoisotopic (exact) mass is 218 g/mol. The third-order valence-electron chi connectivity index (χ3n) is 3.27. The molecule has 0 saturated heterocycles. The predicted molar refractivity (Wildman–Crippen MR) is 65.2 cm³/mol. The first-order valence-electron chi connectivity index (χ1n) is 5.78. The molecule has 2 rings (SSSR count). The Bertz CT molecular complexity index is 414. The zero-order valence-corrected chi connectivity index (χ0v) is 9.79. The largest absolute Gasteiger partial charge is 0.399 e. The first kappa shape index (κ1) is 11.0. The van der Waals surface area contributed by atoms with E-state index >= 15 is 0 Å². The lowest BCUT2D eigenvalue weighted by Gasteiger charge is -2.08. The smallest absolute Gasteiger partial charge is 0.251 e. The Morgan fingerprint density at radius 1 is 1.56 bits per heavy atom. The molecule has 3 heteroatoms. The molecule has 1 saturated carbocycles. The highest BCUT2D eigenvalue weighted by atomic mass is 16.1. The van der Waals surface area contributed by atoms with Crippen molar-refractivity contribution < 1.29 is 4.79 Å². The van der Waals surface area contributed by atoms with Gasteiger partial charge < -0.3 is 11.1 Å². The van der Waals surface area contributed by atoms with Gasteiger partial charge in [0.2, 0.25) is 0 Å². The number of nitrogens with two attached hydrogens (primary N) is 1. The molecular weight excluding hydrogens is 200 g/mol. The van der Waals surface area contributed by atoms with Crippen LogP contribution in [0.5, 0.6) is 0 Å². The third-order valence-corrected chi connectivity index (χ3v) is 3.27. The van der Waals surface area contributed by atoms with E-state index in [1.807, 2.05) is 19.1 Å². The van der Waals surface area contributed by atoms with Crippen LogP contribution in [0.1, 0.15) is 35.7 Å². The van der Waals surface area contributed by atoms with Gasteiger partial charge in [-0.2, -0.15) is 0 Å². The van der Waals surface area contributed by atoms with Crippen LogP contribution in [0.2, 0.25) is 0 Å². The van der Waals surface area contributed by atoms with Gasteiger partial charge >= 0.3 is 0 Å². The van der Waals surface area contributed by atoms with E-state index in [2.05, 4.69) is 12.2 Å². The van der Waals surface area contributed by atoms with Crippen LogP contribution >= 0.6 is 0 Å². The van der Waals surface area contributed by atoms with Crippen molar-refractivity contribution in [2.45, 2.75) is 32.7 Å². The molecule has 0 aliphatic heterocycles. The van der Waals surface area contributed by atoms with E-state index < -0.39 is 0 Å². The van der Waals surface area contributed by atoms with Crippen LogP contribution in [0.3, 0.4) is 0 Å². The number of rotatable bonds is 3. The van der Waals surface area contributed by atoms with Crippen LogP contribution in [0.25, 0.3) is 0 Å². The lowest BCUT2D eigenvalue weighted by Crippen LogP contribution is -2.27. The van der Waals surface area contributed by atoms with Crippen molar-refractivity contribution in [1.82, 2.24) is 5.32 Å². The maximum absolute atomic E-state index is 12.0. The second kappa shape index (κ2) is 4.16. The molecule has 16 heavy (non-hydrogen) atoms. The Morgan fingerprint density at radius 2 is 2.31 bits per heavy atom. The number of benzene rings is 1. The molecule has 1 aromatic rings. The molecule has 0 radical (unpaired) electrons. The molecule has 1 amide bonds. The fraction of sp³-hybridized carbons (Fsp3) is 0.462. The van der Waals surface area contributed by atoms with Crippen LogP contribution < -0.4 is 11.1 Å². The predicted octanol–water partition coefficient (Wildman–Crippen LogP) is 2.11. The van der Waals surface area contributed by atoms with Crippen LogP contribution in [0, 0.1) is 12.8 Å². The summed E-state index contributed by atoms with van der Waals surface area (Å²) in [5.74, 6) is 0.677. The second-order valence-corrected chi connectivity index (χ2v) is 4.56. The average molecular weight is 218 g/mol. The molecule has 86 valence electrons. The fourth-order valence-corrected chi connectivity index (χ4v) is 2.01. The minimum Gasteiger partial charge on any atom is -0.399 e. The molecule has 3 nitrogen and oxygen atoms in total. The number of anilines is 1. The Kier molecular flexibility index (Phi) is 2.86. The SMILES string of the molecule is CCC1CC1NC(=O)c1cc(N)ccc1C. The number of nitrogen functional groups attached to an aromatic ring is 1. The highest BCUT2D eigenvalue weighted by Gasteiger charge is 2.36. The molecule has 1 aliphatic rings. The molecule has 0 spiro atoms. The summed E-state index contributed by atoms with van der Waals surface area (Å²) in [6.45, 7) is 4.08. The molecule has 1 aromatic carbocycles. The summed E-state index contributed by atoms with van der Waals surface area (Å²) in [5.41, 5.74) is 7.99. The maximum atomic E-state index is 12.0. The molecular formula is C13H18N2O. The molecule has 0 heterocycles. The third kappa shape index (κ3) is 2.18. The Hall–Kier alpha value is -1.51. The highest BCUT2D eigenvalue weighted by Crippen LogP contribution is 2.33. The minimum atomic E-state index is 0.00532. The van der Waals surface area contributed by atoms with Gasteiger partial charge in [0.25, 0.3) is 5.91 Å². The lowest BCUT2D eigenvalue weighted by molar-refractivity contribution is 0.0948. The molecule has 0 bridgehead atoms. The van der Waals surface area contributed by atoms with Gasteiger partial charge in [0.1, 0.15) is 0 Å². The molecule has 1 fully saturated rings. The van der Waals surface area contributed by atoms with Crippen molar-refractivity contribution in [3.63, 3.8) is 0 Å². The van der Waals surface area contributed by atoms with E-state index in [0.29, 0.717) is 23.2 Å². The van der Waals surface area contributed by atoms with E-state index in [1.54, 1.807) is 6.07 Å². The maximum Gasteiger partial charge on any atom is 0.251 e. The van der Waals surface area contributed by atoms with Crippen molar-refractivity contribution in [3.8, 4) is 0 Å². The average Bonchev–Trinajstić information content (AvgIpc) is 3.00. The molecule has 2 unspecified atom stereocenters. The minimum absolute atomic E-state index is 0.00532. The van der Waals surface area contributed by atoms with Gasteiger partial charge in [-0.3, -0.25) is 4.79 Å². The van der Waals surface area contributed by atoms with Crippen LogP contribution in [0.15, 0.2) is 18.2 Å². The summed E-state index contributed by atoms with van der Waals surface area (Å²) in [6.07, 6.45) is 2.25. The first-order valence-corrected chi connectivity index (χ1v) is 5.78. The number of amides is 1. The van der Waals surface area contributed by atoms with Gasteiger partial charge in [-0.05, 0) is 37.0 Å². The van der Waals surface area contributed by atoms with Crippen LogP contribution in [0.4, 0.5) is 5.69 Å². The second-order valence-electron chi connectivity index (χ2n) is 4.56. The zero-order chi connectivity index (χ0) is 11.7. The fourth-order valence-electron chi connectivity index (χ4n) is 2.01. The zero-order valence-electron chi connectivity index (χ0n) is 9.79. The molecule has 3 N–H and O–H groups in total. The Balaban J connectivity index is 2.06. The standard InChI is InChI=1S/C13H18N2O/c1-3-9-6-12(9)15-13(16)11-7-10(14)5-4-8(11)2/h4-5,7,9,12H,3,6,14H2,1-2H3,(H,15,16). The summed E-state index contributed by atoms with van der Waals surface area (Å²) >= 11 is 0. The van der Waals surface area contributed by atoms with Crippen molar-refractivity contribution in [1.29, 1.82) is 0 Å². The van der Waals surface area contributed by atoms with E-state index in [9.17, 15) is 4.79 Å². The molecule has 2 atom stereocenters. The van der Waals surface area contributed by atoms with Crippen molar-refractivity contribution in [2.24, 2.45) is 5.92 Å². The van der Waals surface area contributed by atoms with E-state index in [4.69, 9.17) is 5.73 Å². The summed E-state index contributed by atoms with van der Waals surface area (Å²) in [7, 11) is 0. The van der Waals surface area contributed by atoms with Crippen molar-refractivity contribution >= 4 is 11.6 Å². The number of carbonyl (C=O) groups is 1. The summed E-state index contributed by atoms with van der Waals surface area (Å²) in [6, 6.07) is 5.82. The first-order chi connectivity index (χ1) is 7.61. The van der Waals surface area contributed by atoms with Gasteiger partial charge in [0.05, 0.1) is 0 Å². The van der Waals surface area contributed by atoms with Crippen LogP contribution in [-0.4, -0.2) is 11.9 Å². The summed E-state index contributed by atoms with van der Waals surface area (Å²) in [5, 5.41) is 3.04. The van der Waals surface area contributed by atoms with Gasteiger partial charge in [0, 0.05) is 17.3 Å². The Labute approximate surface area is 96.0 Å². The quantitative estimate of drug-likeness (QED) is 0.763. The van der Waals surface area contributed by atoms with E-state index in [1.165, 1.54) is 0 Å². The topological polar surface area (TPSA) is 55.1 Å². The number of hydrogen-bond donors (Lipinski definition) is 2. The van der Waals surface area contributed by atoms with E-state index in [-0.39, 0.29) is 5.91 Å². The summed E-state index contributed by atoms with van der Waals surface area (Å²) < 4.78 is 0. The molecule has 1 aliphatic carbocycles. The number of hydrogen-bond acceptors (Lipinski definition) is 2. The number of carbonyl (C=O) groups excluding carboxylic acids is 1. The lowest BCUT2D eigenvalue weighted by atomic mass is 10.1. The van der Waals surface area contributed by atoms with Gasteiger partial charge in [-0.25, -0.2) is 0 Å². The van der Waals surface area contributed by atoms with E-state index in [0.717, 1.165) is 18.4 Å². The highest BCUT2D eigenvalue weighted by molar-refractivity contribution is 5.96. The normalized spacial score (nSPS) is 22.9. The van der Waals surface area contributed by atoms with Crippen molar-refractivity contribution in [2.75, 3.05) is 5.73 Å².